The third-order valence-corrected chi connectivity index (χ3v) is 4.38. The molecule has 0 bridgehead atoms. The minimum Gasteiger partial charge on any atom is -0.486 e. The summed E-state index contributed by atoms with van der Waals surface area (Å²) < 4.78 is 42.1. The molecular formula is C11H11ClFNO5S. The number of hydrogen-bond acceptors (Lipinski definition) is 5. The van der Waals surface area contributed by atoms with Gasteiger partial charge in [-0.3, -0.25) is 10.1 Å². The predicted octanol–water partition coefficient (Wildman–Crippen LogP) is 2.98. The smallest absolute Gasteiger partial charge is 0.273 e. The highest BCUT2D eigenvalue weighted by atomic mass is 35.7. The van der Waals surface area contributed by atoms with Crippen molar-refractivity contribution < 1.29 is 22.5 Å². The van der Waals surface area contributed by atoms with Crippen molar-refractivity contribution >= 4 is 25.4 Å². The monoisotopic (exact) mass is 323 g/mol. The normalized spacial score (nSPS) is 16.3. The van der Waals surface area contributed by atoms with Gasteiger partial charge in [0.05, 0.1) is 17.1 Å². The van der Waals surface area contributed by atoms with E-state index >= 15 is 0 Å². The highest BCUT2D eigenvalue weighted by Crippen LogP contribution is 2.36. The van der Waals surface area contributed by atoms with E-state index in [9.17, 15) is 22.9 Å². The molecule has 0 radical (unpaired) electrons. The molecule has 0 amide bonds. The van der Waals surface area contributed by atoms with E-state index in [-0.39, 0.29) is 6.10 Å². The van der Waals surface area contributed by atoms with E-state index in [1.165, 1.54) is 0 Å². The van der Waals surface area contributed by atoms with Gasteiger partial charge in [-0.25, -0.2) is 12.8 Å². The Morgan fingerprint density at radius 1 is 1.35 bits per heavy atom. The standard InChI is InChI=1S/C11H11ClFNO5S/c12-20(17,18)10-6-7(14(15)16)5-9(13)11(10)19-8-3-1-2-4-8/h5-6,8H,1-4H2. The van der Waals surface area contributed by atoms with Crippen LogP contribution < -0.4 is 4.74 Å². The van der Waals surface area contributed by atoms with Gasteiger partial charge in [-0.1, -0.05) is 0 Å². The Morgan fingerprint density at radius 2 is 1.95 bits per heavy atom. The maximum atomic E-state index is 13.9. The number of nitro benzene ring substituents is 1. The summed E-state index contributed by atoms with van der Waals surface area (Å²) >= 11 is 0. The van der Waals surface area contributed by atoms with Crippen LogP contribution in [0.5, 0.6) is 5.75 Å². The predicted molar refractivity (Wildman–Crippen MR) is 69.0 cm³/mol. The van der Waals surface area contributed by atoms with Gasteiger partial charge in [0, 0.05) is 16.7 Å². The van der Waals surface area contributed by atoms with Gasteiger partial charge in [0.2, 0.25) is 0 Å². The number of halogens is 2. The third-order valence-electron chi connectivity index (χ3n) is 3.05. The number of non-ortho nitro benzene ring substituents is 1. The molecule has 1 aromatic carbocycles. The third kappa shape index (κ3) is 3.18. The number of hydrogen-bond donors (Lipinski definition) is 0. The van der Waals surface area contributed by atoms with Crippen molar-refractivity contribution in [2.24, 2.45) is 0 Å². The highest BCUT2D eigenvalue weighted by Gasteiger charge is 2.28. The molecule has 0 spiro atoms. The SMILES string of the molecule is O=[N+]([O-])c1cc(F)c(OC2CCCC2)c(S(=O)(=O)Cl)c1. The molecule has 0 atom stereocenters. The van der Waals surface area contributed by atoms with Gasteiger partial charge in [0.25, 0.3) is 14.7 Å². The first kappa shape index (κ1) is 15.0. The van der Waals surface area contributed by atoms with E-state index in [1.807, 2.05) is 0 Å². The van der Waals surface area contributed by atoms with E-state index in [2.05, 4.69) is 0 Å². The molecule has 1 saturated carbocycles. The summed E-state index contributed by atoms with van der Waals surface area (Å²) in [6, 6.07) is 1.32. The molecule has 6 nitrogen and oxygen atoms in total. The zero-order chi connectivity index (χ0) is 14.9. The van der Waals surface area contributed by atoms with E-state index in [0.29, 0.717) is 25.0 Å². The van der Waals surface area contributed by atoms with Gasteiger partial charge in [-0.05, 0) is 25.7 Å². The highest BCUT2D eigenvalue weighted by molar-refractivity contribution is 8.13. The van der Waals surface area contributed by atoms with E-state index in [0.717, 1.165) is 12.8 Å². The van der Waals surface area contributed by atoms with Gasteiger partial charge in [0.15, 0.2) is 11.6 Å². The largest absolute Gasteiger partial charge is 0.486 e. The minimum absolute atomic E-state index is 0.303. The lowest BCUT2D eigenvalue weighted by atomic mass is 10.2. The average molecular weight is 324 g/mol. The molecule has 0 N–H and O–H groups in total. The van der Waals surface area contributed by atoms with Crippen LogP contribution in [-0.4, -0.2) is 19.4 Å². The van der Waals surface area contributed by atoms with E-state index < -0.39 is 36.1 Å². The van der Waals surface area contributed by atoms with Crippen molar-refractivity contribution in [3.05, 3.63) is 28.1 Å². The van der Waals surface area contributed by atoms with Crippen LogP contribution in [0.1, 0.15) is 25.7 Å². The van der Waals surface area contributed by atoms with Crippen LogP contribution in [0.4, 0.5) is 10.1 Å². The van der Waals surface area contributed by atoms with Crippen LogP contribution in [0.25, 0.3) is 0 Å². The summed E-state index contributed by atoms with van der Waals surface area (Å²) in [4.78, 5) is 9.04. The van der Waals surface area contributed by atoms with Crippen LogP contribution in [0.15, 0.2) is 17.0 Å². The van der Waals surface area contributed by atoms with Crippen molar-refractivity contribution in [1.29, 1.82) is 0 Å². The zero-order valence-electron chi connectivity index (χ0n) is 10.2. The van der Waals surface area contributed by atoms with Gasteiger partial charge >= 0.3 is 0 Å². The van der Waals surface area contributed by atoms with Crippen LogP contribution >= 0.6 is 10.7 Å². The summed E-state index contributed by atoms with van der Waals surface area (Å²) in [6.45, 7) is 0. The molecule has 0 heterocycles. The number of benzene rings is 1. The molecule has 2 rings (SSSR count). The molecule has 1 aromatic rings. The van der Waals surface area contributed by atoms with Gasteiger partial charge in [-0.15, -0.1) is 0 Å². The molecule has 0 saturated heterocycles. The lowest BCUT2D eigenvalue weighted by Gasteiger charge is -2.15. The number of ether oxygens (including phenoxy) is 1. The fourth-order valence-electron chi connectivity index (χ4n) is 2.13. The van der Waals surface area contributed by atoms with Crippen LogP contribution in [0.2, 0.25) is 0 Å². The average Bonchev–Trinajstić information content (AvgIpc) is 2.82. The first-order chi connectivity index (χ1) is 9.29. The molecule has 1 aliphatic carbocycles. The van der Waals surface area contributed by atoms with Crippen LogP contribution in [0.3, 0.4) is 0 Å². The minimum atomic E-state index is -4.35. The van der Waals surface area contributed by atoms with Gasteiger partial charge in [0.1, 0.15) is 4.90 Å². The topological polar surface area (TPSA) is 86.5 Å². The summed E-state index contributed by atoms with van der Waals surface area (Å²) in [5, 5.41) is 10.6. The first-order valence-corrected chi connectivity index (χ1v) is 8.19. The Labute approximate surface area is 119 Å². The van der Waals surface area contributed by atoms with E-state index in [4.69, 9.17) is 15.4 Å². The Morgan fingerprint density at radius 3 is 2.45 bits per heavy atom. The lowest BCUT2D eigenvalue weighted by Crippen LogP contribution is -2.14. The second kappa shape index (κ2) is 5.53. The Hall–Kier alpha value is -1.41. The number of nitro groups is 1. The number of rotatable bonds is 4. The molecule has 0 aliphatic heterocycles. The molecule has 1 aliphatic rings. The van der Waals surface area contributed by atoms with Crippen molar-refractivity contribution in [2.75, 3.05) is 0 Å². The summed E-state index contributed by atoms with van der Waals surface area (Å²) in [5.74, 6) is -1.65. The first-order valence-electron chi connectivity index (χ1n) is 5.88. The maximum absolute atomic E-state index is 13.9. The maximum Gasteiger partial charge on any atom is 0.273 e. The second-order valence-electron chi connectivity index (χ2n) is 4.47. The summed E-state index contributed by atoms with van der Waals surface area (Å²) in [6.07, 6.45) is 2.86. The lowest BCUT2D eigenvalue weighted by molar-refractivity contribution is -0.385. The molecule has 9 heteroatoms. The van der Waals surface area contributed by atoms with E-state index in [1.54, 1.807) is 0 Å². The fraction of sp³-hybridized carbons (Fsp3) is 0.455. The summed E-state index contributed by atoms with van der Waals surface area (Å²) in [5.41, 5.74) is -0.694. The molecule has 1 fully saturated rings. The van der Waals surface area contributed by atoms with Crippen molar-refractivity contribution in [1.82, 2.24) is 0 Å². The van der Waals surface area contributed by atoms with Crippen molar-refractivity contribution in [3.63, 3.8) is 0 Å². The summed E-state index contributed by atoms with van der Waals surface area (Å²) in [7, 11) is 0.850. The number of nitrogens with zero attached hydrogens (tertiary/aromatic N) is 1. The molecule has 110 valence electrons. The Bertz CT molecular complexity index is 642. The van der Waals surface area contributed by atoms with Crippen molar-refractivity contribution in [3.8, 4) is 5.75 Å². The quantitative estimate of drug-likeness (QED) is 0.483. The molecule has 0 aromatic heterocycles. The Kier molecular flexibility index (Phi) is 4.14. The van der Waals surface area contributed by atoms with Crippen LogP contribution in [-0.2, 0) is 9.05 Å². The zero-order valence-corrected chi connectivity index (χ0v) is 11.8. The molecule has 0 unspecified atom stereocenters. The molecular weight excluding hydrogens is 313 g/mol. The fourth-order valence-corrected chi connectivity index (χ4v) is 3.10. The van der Waals surface area contributed by atoms with Crippen LogP contribution in [0, 0.1) is 15.9 Å². The Balaban J connectivity index is 2.50. The van der Waals surface area contributed by atoms with Gasteiger partial charge < -0.3 is 4.74 Å². The molecule has 20 heavy (non-hydrogen) atoms. The van der Waals surface area contributed by atoms with Crippen molar-refractivity contribution in [2.45, 2.75) is 36.7 Å². The second-order valence-corrected chi connectivity index (χ2v) is 7.01. The van der Waals surface area contributed by atoms with Gasteiger partial charge in [-0.2, -0.15) is 0 Å².